The first kappa shape index (κ1) is 20.0. The molecule has 2 N–H and O–H groups in total. The van der Waals surface area contributed by atoms with Crippen molar-refractivity contribution >= 4 is 22.8 Å². The van der Waals surface area contributed by atoms with Crippen molar-refractivity contribution in [2.24, 2.45) is 0 Å². The summed E-state index contributed by atoms with van der Waals surface area (Å²) in [6.45, 7) is 10.0. The fraction of sp³-hybridized carbons (Fsp3) is 0.333. The summed E-state index contributed by atoms with van der Waals surface area (Å²) in [7, 11) is 0. The Kier molecular flexibility index (Phi) is 5.81. The topological polar surface area (TPSA) is 74.6 Å². The van der Waals surface area contributed by atoms with Gasteiger partial charge in [-0.05, 0) is 65.8 Å². The highest BCUT2D eigenvalue weighted by Gasteiger charge is 2.22. The fourth-order valence-corrected chi connectivity index (χ4v) is 3.80. The van der Waals surface area contributed by atoms with Crippen LogP contribution in [0.25, 0.3) is 0 Å². The second kappa shape index (κ2) is 7.54. The standard InChI is InChI=1S/C21H24O4S/c1-12-10-17(21(3,4)5)18(22)13(2)16(12)11-26-20(25)15-8-6-14(7-9-15)19(23)24/h6-10,22H,11H2,1-5H3,(H,23,24). The van der Waals surface area contributed by atoms with Crippen molar-refractivity contribution in [2.45, 2.75) is 45.8 Å². The van der Waals surface area contributed by atoms with E-state index in [2.05, 4.69) is 20.8 Å². The van der Waals surface area contributed by atoms with Crippen LogP contribution in [0.2, 0.25) is 0 Å². The second-order valence-corrected chi connectivity index (χ2v) is 8.35. The van der Waals surface area contributed by atoms with Gasteiger partial charge >= 0.3 is 5.97 Å². The third-order valence-corrected chi connectivity index (χ3v) is 5.35. The number of phenolic OH excluding ortho intramolecular Hbond substituents is 1. The van der Waals surface area contributed by atoms with Gasteiger partial charge in [-0.2, -0.15) is 0 Å². The highest BCUT2D eigenvalue weighted by Crippen LogP contribution is 2.37. The van der Waals surface area contributed by atoms with E-state index in [0.29, 0.717) is 11.3 Å². The van der Waals surface area contributed by atoms with Crippen LogP contribution in [0.3, 0.4) is 0 Å². The maximum atomic E-state index is 12.4. The Hall–Kier alpha value is -2.27. The number of carboxylic acids is 1. The number of aryl methyl sites for hydroxylation is 1. The van der Waals surface area contributed by atoms with Crippen LogP contribution in [0.4, 0.5) is 0 Å². The lowest BCUT2D eigenvalue weighted by Crippen LogP contribution is -2.13. The minimum atomic E-state index is -1.02. The van der Waals surface area contributed by atoms with Crippen LogP contribution in [0.15, 0.2) is 30.3 Å². The zero-order chi connectivity index (χ0) is 19.6. The lowest BCUT2D eigenvalue weighted by Gasteiger charge is -2.24. The van der Waals surface area contributed by atoms with E-state index in [1.165, 1.54) is 24.3 Å². The minimum Gasteiger partial charge on any atom is -0.507 e. The molecule has 0 heterocycles. The molecule has 4 nitrogen and oxygen atoms in total. The van der Waals surface area contributed by atoms with E-state index < -0.39 is 5.97 Å². The normalized spacial score (nSPS) is 11.4. The van der Waals surface area contributed by atoms with Crippen molar-refractivity contribution in [1.29, 1.82) is 0 Å². The number of benzene rings is 2. The van der Waals surface area contributed by atoms with Gasteiger partial charge in [0.1, 0.15) is 5.75 Å². The first-order chi connectivity index (χ1) is 12.0. The summed E-state index contributed by atoms with van der Waals surface area (Å²) in [5.41, 5.74) is 4.16. The largest absolute Gasteiger partial charge is 0.507 e. The van der Waals surface area contributed by atoms with Gasteiger partial charge in [-0.1, -0.05) is 38.6 Å². The molecule has 2 aromatic rings. The number of aromatic carboxylic acids is 1. The quantitative estimate of drug-likeness (QED) is 0.783. The highest BCUT2D eigenvalue weighted by atomic mass is 32.2. The molecule has 26 heavy (non-hydrogen) atoms. The number of hydrogen-bond acceptors (Lipinski definition) is 4. The van der Waals surface area contributed by atoms with Crippen molar-refractivity contribution in [3.8, 4) is 5.75 Å². The maximum Gasteiger partial charge on any atom is 0.335 e. The molecule has 2 aromatic carbocycles. The van der Waals surface area contributed by atoms with Crippen LogP contribution in [-0.2, 0) is 11.2 Å². The van der Waals surface area contributed by atoms with Crippen LogP contribution >= 0.6 is 11.8 Å². The SMILES string of the molecule is Cc1cc(C(C)(C)C)c(O)c(C)c1CSC(=O)c1ccc(C(=O)O)cc1. The first-order valence-corrected chi connectivity index (χ1v) is 9.34. The van der Waals surface area contributed by atoms with E-state index in [4.69, 9.17) is 5.11 Å². The van der Waals surface area contributed by atoms with Gasteiger partial charge in [0.15, 0.2) is 0 Å². The summed E-state index contributed by atoms with van der Waals surface area (Å²) in [6, 6.07) is 7.90. The number of phenols is 1. The van der Waals surface area contributed by atoms with E-state index in [1.807, 2.05) is 19.9 Å². The molecule has 2 rings (SSSR count). The van der Waals surface area contributed by atoms with Gasteiger partial charge in [0, 0.05) is 11.3 Å². The van der Waals surface area contributed by atoms with Gasteiger partial charge in [-0.3, -0.25) is 4.79 Å². The smallest absolute Gasteiger partial charge is 0.335 e. The molecule has 0 saturated carbocycles. The number of carbonyl (C=O) groups excluding carboxylic acids is 1. The number of thioether (sulfide) groups is 1. The molecule has 0 radical (unpaired) electrons. The van der Waals surface area contributed by atoms with Crippen LogP contribution in [0, 0.1) is 13.8 Å². The maximum absolute atomic E-state index is 12.4. The molecular formula is C21H24O4S. The number of carbonyl (C=O) groups is 2. The van der Waals surface area contributed by atoms with Crippen LogP contribution in [0.1, 0.15) is 63.7 Å². The third-order valence-electron chi connectivity index (χ3n) is 4.42. The summed E-state index contributed by atoms with van der Waals surface area (Å²) in [6.07, 6.45) is 0. The molecule has 0 amide bonds. The fourth-order valence-electron chi connectivity index (χ4n) is 2.78. The number of rotatable bonds is 4. The lowest BCUT2D eigenvalue weighted by atomic mass is 9.83. The summed E-state index contributed by atoms with van der Waals surface area (Å²) >= 11 is 1.15. The van der Waals surface area contributed by atoms with Gasteiger partial charge in [0.05, 0.1) is 5.56 Å². The number of hydrogen-bond donors (Lipinski definition) is 2. The van der Waals surface area contributed by atoms with E-state index >= 15 is 0 Å². The Morgan fingerprint density at radius 1 is 1.04 bits per heavy atom. The van der Waals surface area contributed by atoms with Gasteiger partial charge in [0.25, 0.3) is 0 Å². The van der Waals surface area contributed by atoms with E-state index in [0.717, 1.165) is 34.0 Å². The van der Waals surface area contributed by atoms with Crippen LogP contribution in [-0.4, -0.2) is 21.3 Å². The molecule has 0 atom stereocenters. The summed E-state index contributed by atoms with van der Waals surface area (Å²) in [4.78, 5) is 23.3. The second-order valence-electron chi connectivity index (χ2n) is 7.40. The molecule has 0 aromatic heterocycles. The van der Waals surface area contributed by atoms with Crippen molar-refractivity contribution < 1.29 is 19.8 Å². The molecule has 0 aliphatic rings. The molecule has 0 saturated heterocycles. The first-order valence-electron chi connectivity index (χ1n) is 8.35. The Labute approximate surface area is 158 Å². The van der Waals surface area contributed by atoms with E-state index in [-0.39, 0.29) is 21.8 Å². The molecule has 138 valence electrons. The monoisotopic (exact) mass is 372 g/mol. The van der Waals surface area contributed by atoms with Crippen molar-refractivity contribution in [3.63, 3.8) is 0 Å². The molecule has 0 fully saturated rings. The Morgan fingerprint density at radius 2 is 1.58 bits per heavy atom. The highest BCUT2D eigenvalue weighted by molar-refractivity contribution is 8.13. The van der Waals surface area contributed by atoms with Crippen molar-refractivity contribution in [1.82, 2.24) is 0 Å². The third kappa shape index (κ3) is 4.28. The lowest BCUT2D eigenvalue weighted by molar-refractivity contribution is 0.0696. The zero-order valence-electron chi connectivity index (χ0n) is 15.7. The van der Waals surface area contributed by atoms with E-state index in [9.17, 15) is 14.7 Å². The summed E-state index contributed by atoms with van der Waals surface area (Å²) in [5.74, 6) is -0.274. The zero-order valence-corrected chi connectivity index (χ0v) is 16.5. The molecular weight excluding hydrogens is 348 g/mol. The van der Waals surface area contributed by atoms with Crippen molar-refractivity contribution in [3.05, 3.63) is 63.7 Å². The predicted octanol–water partition coefficient (Wildman–Crippen LogP) is 5.08. The Balaban J connectivity index is 2.20. The number of aromatic hydroxyl groups is 1. The summed E-state index contributed by atoms with van der Waals surface area (Å²) < 4.78 is 0. The van der Waals surface area contributed by atoms with Gasteiger partial charge in [-0.15, -0.1) is 0 Å². The molecule has 0 spiro atoms. The van der Waals surface area contributed by atoms with Gasteiger partial charge < -0.3 is 10.2 Å². The Bertz CT molecular complexity index is 846. The molecule has 0 bridgehead atoms. The molecule has 0 aliphatic carbocycles. The molecule has 0 aliphatic heterocycles. The van der Waals surface area contributed by atoms with Crippen LogP contribution in [0.5, 0.6) is 5.75 Å². The molecule has 0 unspecified atom stereocenters. The average molecular weight is 372 g/mol. The summed E-state index contributed by atoms with van der Waals surface area (Å²) in [5, 5.41) is 19.3. The van der Waals surface area contributed by atoms with Gasteiger partial charge in [0.2, 0.25) is 5.12 Å². The van der Waals surface area contributed by atoms with Crippen LogP contribution < -0.4 is 0 Å². The van der Waals surface area contributed by atoms with Crippen molar-refractivity contribution in [2.75, 3.05) is 0 Å². The molecule has 5 heteroatoms. The van der Waals surface area contributed by atoms with Gasteiger partial charge in [-0.25, -0.2) is 4.79 Å². The minimum absolute atomic E-state index is 0.125. The number of carboxylic acid groups (broad SMARTS) is 1. The predicted molar refractivity (Wildman–Crippen MR) is 105 cm³/mol. The Morgan fingerprint density at radius 3 is 2.08 bits per heavy atom. The average Bonchev–Trinajstić information content (AvgIpc) is 2.56. The van der Waals surface area contributed by atoms with E-state index in [1.54, 1.807) is 0 Å².